The first-order valence-corrected chi connectivity index (χ1v) is 14.8. The topological polar surface area (TPSA) is 126 Å². The number of methoxy groups -OCH3 is 1. The summed E-state index contributed by atoms with van der Waals surface area (Å²) < 4.78 is 47.2. The van der Waals surface area contributed by atoms with Gasteiger partial charge in [0.05, 0.1) is 42.6 Å². The third-order valence-corrected chi connectivity index (χ3v) is 9.38. The number of thiophene rings is 1. The fraction of sp³-hybridized carbons (Fsp3) is 0.250. The lowest BCUT2D eigenvalue weighted by Crippen LogP contribution is -2.12. The largest absolute Gasteiger partial charge is 0.465 e. The van der Waals surface area contributed by atoms with E-state index in [9.17, 15) is 13.2 Å². The fourth-order valence-electron chi connectivity index (χ4n) is 4.37. The summed E-state index contributed by atoms with van der Waals surface area (Å²) in [6.07, 6.45) is 0. The minimum atomic E-state index is -3.92. The molecule has 0 aliphatic carbocycles. The average Bonchev–Trinajstić information content (AvgIpc) is 3.60. The number of ether oxygens (including phenoxy) is 2. The lowest BCUT2D eigenvalue weighted by Gasteiger charge is -2.12. The van der Waals surface area contributed by atoms with Crippen molar-refractivity contribution < 1.29 is 27.2 Å². The van der Waals surface area contributed by atoms with Crippen LogP contribution in [0.15, 0.2) is 57.3 Å². The number of sulfonamides is 1. The Morgan fingerprint density at radius 3 is 2.52 bits per heavy atom. The molecule has 0 atom stereocenters. The van der Waals surface area contributed by atoms with Crippen LogP contribution in [0.4, 0.5) is 5.88 Å². The second kappa shape index (κ2) is 10.8. The number of nitrogens with one attached hydrogen (secondary N) is 1. The van der Waals surface area contributed by atoms with Crippen LogP contribution in [0.3, 0.4) is 0 Å². The number of aryl methyl sites for hydroxylation is 2. The number of para-hydroxylation sites is 1. The van der Waals surface area contributed by atoms with Gasteiger partial charge in [-0.1, -0.05) is 35.5 Å². The number of aromatic nitrogens is 3. The standard InChI is InChI=1S/C28H28N4O6S2/c1-6-37-28-29-23-9-7-8-21(26(33)36-5)24(23)32(28)15-19-10-12-20(13-11-19)22-14-16(2)39-27(22)40(34,35)31-25-17(3)18(4)30-38-25/h7-14,31H,6,15H2,1-5H3. The number of anilines is 1. The Morgan fingerprint density at radius 1 is 1.12 bits per heavy atom. The highest BCUT2D eigenvalue weighted by molar-refractivity contribution is 7.94. The molecule has 0 spiro atoms. The van der Waals surface area contributed by atoms with Gasteiger partial charge in [0.15, 0.2) is 0 Å². The van der Waals surface area contributed by atoms with Gasteiger partial charge in [0.2, 0.25) is 5.88 Å². The quantitative estimate of drug-likeness (QED) is 0.220. The summed E-state index contributed by atoms with van der Waals surface area (Å²) in [7, 11) is -2.58. The molecule has 0 aliphatic heterocycles. The molecule has 12 heteroatoms. The van der Waals surface area contributed by atoms with Crippen LogP contribution < -0.4 is 9.46 Å². The lowest BCUT2D eigenvalue weighted by atomic mass is 10.1. The maximum absolute atomic E-state index is 13.3. The van der Waals surface area contributed by atoms with Crippen molar-refractivity contribution in [3.8, 4) is 17.1 Å². The summed E-state index contributed by atoms with van der Waals surface area (Å²) in [6.45, 7) is 8.01. The number of benzene rings is 2. The molecule has 0 saturated heterocycles. The van der Waals surface area contributed by atoms with Crippen LogP contribution >= 0.6 is 11.3 Å². The van der Waals surface area contributed by atoms with E-state index in [2.05, 4.69) is 14.9 Å². The predicted octanol–water partition coefficient (Wildman–Crippen LogP) is 5.71. The molecule has 0 unspecified atom stereocenters. The summed E-state index contributed by atoms with van der Waals surface area (Å²) in [5.41, 5.74) is 5.13. The van der Waals surface area contributed by atoms with Crippen molar-refractivity contribution >= 4 is 44.2 Å². The minimum Gasteiger partial charge on any atom is -0.465 e. The summed E-state index contributed by atoms with van der Waals surface area (Å²) in [6, 6.07) is 15.1. The van der Waals surface area contributed by atoms with Gasteiger partial charge in [-0.05, 0) is 57.0 Å². The van der Waals surface area contributed by atoms with Gasteiger partial charge in [0.1, 0.15) is 4.21 Å². The van der Waals surface area contributed by atoms with Crippen molar-refractivity contribution in [3.05, 3.63) is 75.8 Å². The summed E-state index contributed by atoms with van der Waals surface area (Å²) >= 11 is 1.19. The number of carbonyl (C=O) groups is 1. The second-order valence-corrected chi connectivity index (χ2v) is 12.3. The Balaban J connectivity index is 1.49. The first-order valence-electron chi connectivity index (χ1n) is 12.5. The van der Waals surface area contributed by atoms with Gasteiger partial charge in [-0.15, -0.1) is 11.3 Å². The Labute approximate surface area is 235 Å². The van der Waals surface area contributed by atoms with Gasteiger partial charge in [0.25, 0.3) is 16.0 Å². The second-order valence-electron chi connectivity index (χ2n) is 9.16. The molecule has 0 aliphatic rings. The number of imidazole rings is 1. The Hall–Kier alpha value is -4.16. The highest BCUT2D eigenvalue weighted by Gasteiger charge is 2.26. The first-order chi connectivity index (χ1) is 19.1. The molecule has 3 heterocycles. The van der Waals surface area contributed by atoms with E-state index >= 15 is 0 Å². The van der Waals surface area contributed by atoms with E-state index in [0.717, 1.165) is 16.0 Å². The van der Waals surface area contributed by atoms with Crippen LogP contribution in [0.5, 0.6) is 6.01 Å². The van der Waals surface area contributed by atoms with Crippen LogP contribution in [0.1, 0.15) is 39.0 Å². The fourth-order valence-corrected chi connectivity index (χ4v) is 7.08. The van der Waals surface area contributed by atoms with Crippen molar-refractivity contribution in [2.24, 2.45) is 0 Å². The zero-order valence-corrected chi connectivity index (χ0v) is 24.3. The third-order valence-electron chi connectivity index (χ3n) is 6.47. The van der Waals surface area contributed by atoms with E-state index in [4.69, 9.17) is 14.0 Å². The van der Waals surface area contributed by atoms with Crippen LogP contribution in [0, 0.1) is 20.8 Å². The number of nitrogens with zero attached hydrogens (tertiary/aromatic N) is 3. The molecule has 0 radical (unpaired) electrons. The Kier molecular flexibility index (Phi) is 7.39. The summed E-state index contributed by atoms with van der Waals surface area (Å²) in [5.74, 6) is -0.357. The third kappa shape index (κ3) is 5.07. The highest BCUT2D eigenvalue weighted by atomic mass is 32.2. The monoisotopic (exact) mass is 580 g/mol. The van der Waals surface area contributed by atoms with Crippen molar-refractivity contribution in [2.75, 3.05) is 18.4 Å². The molecule has 0 bridgehead atoms. The van der Waals surface area contributed by atoms with Crippen LogP contribution in [0.2, 0.25) is 0 Å². The van der Waals surface area contributed by atoms with Crippen molar-refractivity contribution in [1.29, 1.82) is 0 Å². The number of fused-ring (bicyclic) bond motifs is 1. The van der Waals surface area contributed by atoms with Crippen LogP contribution in [-0.4, -0.2) is 42.8 Å². The highest BCUT2D eigenvalue weighted by Crippen LogP contribution is 2.37. The maximum Gasteiger partial charge on any atom is 0.340 e. The van der Waals surface area contributed by atoms with Gasteiger partial charge < -0.3 is 14.0 Å². The smallest absolute Gasteiger partial charge is 0.340 e. The zero-order chi connectivity index (χ0) is 28.6. The van der Waals surface area contributed by atoms with Gasteiger partial charge in [0, 0.05) is 16.0 Å². The van der Waals surface area contributed by atoms with Crippen molar-refractivity contribution in [3.63, 3.8) is 0 Å². The van der Waals surface area contributed by atoms with E-state index < -0.39 is 16.0 Å². The molecule has 5 rings (SSSR count). The molecule has 5 aromatic rings. The van der Waals surface area contributed by atoms with Crippen molar-refractivity contribution in [1.82, 2.24) is 14.7 Å². The van der Waals surface area contributed by atoms with Gasteiger partial charge >= 0.3 is 5.97 Å². The van der Waals surface area contributed by atoms with Gasteiger partial charge in [-0.2, -0.15) is 4.98 Å². The lowest BCUT2D eigenvalue weighted by molar-refractivity contribution is 0.0602. The van der Waals surface area contributed by atoms with E-state index in [1.165, 1.54) is 18.4 Å². The Bertz CT molecular complexity index is 1820. The molecule has 0 amide bonds. The SMILES string of the molecule is CCOc1nc2cccc(C(=O)OC)c2n1Cc1ccc(-c2cc(C)sc2S(=O)(=O)Nc2onc(C)c2C)cc1. The Morgan fingerprint density at radius 2 is 1.88 bits per heavy atom. The van der Waals surface area contributed by atoms with Crippen LogP contribution in [0.25, 0.3) is 22.2 Å². The molecule has 2 aromatic carbocycles. The number of rotatable bonds is 9. The minimum absolute atomic E-state index is 0.105. The molecular formula is C28H28N4O6S2. The molecule has 40 heavy (non-hydrogen) atoms. The van der Waals surface area contributed by atoms with E-state index in [0.29, 0.717) is 52.6 Å². The van der Waals surface area contributed by atoms with Crippen molar-refractivity contribution in [2.45, 2.75) is 38.4 Å². The number of hydrogen-bond donors (Lipinski definition) is 1. The number of carbonyl (C=O) groups excluding carboxylic acids is 1. The molecule has 3 aromatic heterocycles. The predicted molar refractivity (Wildman–Crippen MR) is 153 cm³/mol. The normalized spacial score (nSPS) is 11.6. The zero-order valence-electron chi connectivity index (χ0n) is 22.6. The number of esters is 1. The molecule has 0 fully saturated rings. The summed E-state index contributed by atoms with van der Waals surface area (Å²) in [4.78, 5) is 17.9. The van der Waals surface area contributed by atoms with Crippen LogP contribution in [-0.2, 0) is 21.3 Å². The van der Waals surface area contributed by atoms with E-state index in [-0.39, 0.29) is 10.1 Å². The molecule has 10 nitrogen and oxygen atoms in total. The molecule has 208 valence electrons. The van der Waals surface area contributed by atoms with E-state index in [1.807, 2.05) is 54.8 Å². The van der Waals surface area contributed by atoms with E-state index in [1.54, 1.807) is 26.0 Å². The number of hydrogen-bond acceptors (Lipinski definition) is 9. The van der Waals surface area contributed by atoms with Gasteiger partial charge in [-0.25, -0.2) is 17.9 Å². The molecule has 0 saturated carbocycles. The maximum atomic E-state index is 13.3. The summed E-state index contributed by atoms with van der Waals surface area (Å²) in [5, 5.41) is 3.84. The molecular weight excluding hydrogens is 552 g/mol. The average molecular weight is 581 g/mol. The molecule has 1 N–H and O–H groups in total. The van der Waals surface area contributed by atoms with Gasteiger partial charge in [-0.3, -0.25) is 4.57 Å². The first kappa shape index (κ1) is 27.4.